The molecule has 0 atom stereocenters. The van der Waals surface area contributed by atoms with Crippen molar-refractivity contribution in [3.8, 4) is 0 Å². The molecule has 0 aliphatic carbocycles. The normalized spacial score (nSPS) is 17.5. The van der Waals surface area contributed by atoms with Gasteiger partial charge in [0.15, 0.2) is 5.78 Å². The topological polar surface area (TPSA) is 51.4 Å². The standard InChI is InChI=1S/C26H32N4O/c31-26(22-7-6-20-8-11-27-12-9-21(20)19-22)5-2-14-29-15-17-30(18-16-29)25-4-1-3-24-23(25)10-13-28-24/h1,3-4,6-7,10,13,19,27-28H,2,5,8-9,11-12,14-18H2. The van der Waals surface area contributed by atoms with Crippen molar-refractivity contribution >= 4 is 22.4 Å². The molecule has 2 aromatic carbocycles. The van der Waals surface area contributed by atoms with E-state index in [-0.39, 0.29) is 5.78 Å². The first kappa shape index (κ1) is 20.3. The summed E-state index contributed by atoms with van der Waals surface area (Å²) in [5.41, 5.74) is 6.17. The van der Waals surface area contributed by atoms with E-state index < -0.39 is 0 Å². The third-order valence-corrected chi connectivity index (χ3v) is 6.83. The van der Waals surface area contributed by atoms with E-state index in [0.717, 1.165) is 70.6 Å². The summed E-state index contributed by atoms with van der Waals surface area (Å²) in [5.74, 6) is 0.290. The van der Waals surface area contributed by atoms with Crippen LogP contribution in [0.5, 0.6) is 0 Å². The molecule has 31 heavy (non-hydrogen) atoms. The number of ketones is 1. The Morgan fingerprint density at radius 3 is 2.65 bits per heavy atom. The van der Waals surface area contributed by atoms with Gasteiger partial charge in [-0.25, -0.2) is 0 Å². The predicted octanol–water partition coefficient (Wildman–Crippen LogP) is 3.64. The Morgan fingerprint density at radius 1 is 0.935 bits per heavy atom. The minimum atomic E-state index is 0.290. The number of carbonyl (C=O) groups is 1. The van der Waals surface area contributed by atoms with Crippen LogP contribution in [0.3, 0.4) is 0 Å². The number of benzene rings is 2. The lowest BCUT2D eigenvalue weighted by Gasteiger charge is -2.36. The molecule has 3 heterocycles. The van der Waals surface area contributed by atoms with Crippen molar-refractivity contribution in [3.63, 3.8) is 0 Å². The maximum atomic E-state index is 12.7. The first-order chi connectivity index (χ1) is 15.3. The summed E-state index contributed by atoms with van der Waals surface area (Å²) >= 11 is 0. The summed E-state index contributed by atoms with van der Waals surface area (Å²) < 4.78 is 0. The third-order valence-electron chi connectivity index (χ3n) is 6.83. The van der Waals surface area contributed by atoms with Crippen LogP contribution < -0.4 is 10.2 Å². The van der Waals surface area contributed by atoms with Gasteiger partial charge in [0.1, 0.15) is 0 Å². The number of nitrogens with zero attached hydrogens (tertiary/aromatic N) is 2. The minimum Gasteiger partial charge on any atom is -0.368 e. The Hall–Kier alpha value is -2.63. The van der Waals surface area contributed by atoms with Crippen molar-refractivity contribution < 1.29 is 4.79 Å². The van der Waals surface area contributed by atoms with Gasteiger partial charge in [-0.05, 0) is 74.3 Å². The minimum absolute atomic E-state index is 0.290. The van der Waals surface area contributed by atoms with Crippen LogP contribution in [0.15, 0.2) is 48.7 Å². The van der Waals surface area contributed by atoms with Crippen LogP contribution in [-0.2, 0) is 12.8 Å². The summed E-state index contributed by atoms with van der Waals surface area (Å²) in [5, 5.41) is 4.74. The average molecular weight is 417 g/mol. The lowest BCUT2D eigenvalue weighted by atomic mass is 9.97. The molecule has 0 unspecified atom stereocenters. The number of fused-ring (bicyclic) bond motifs is 2. The molecule has 0 radical (unpaired) electrons. The van der Waals surface area contributed by atoms with Gasteiger partial charge in [-0.1, -0.05) is 18.2 Å². The molecule has 1 fully saturated rings. The van der Waals surface area contributed by atoms with Gasteiger partial charge in [0.05, 0.1) is 0 Å². The highest BCUT2D eigenvalue weighted by molar-refractivity contribution is 5.96. The van der Waals surface area contributed by atoms with Crippen molar-refractivity contribution in [2.45, 2.75) is 25.7 Å². The molecule has 0 saturated carbocycles. The van der Waals surface area contributed by atoms with Crippen molar-refractivity contribution in [3.05, 3.63) is 65.4 Å². The van der Waals surface area contributed by atoms with Crippen molar-refractivity contribution in [2.75, 3.05) is 50.7 Å². The van der Waals surface area contributed by atoms with E-state index >= 15 is 0 Å². The molecule has 2 N–H and O–H groups in total. The number of H-pyrrole nitrogens is 1. The van der Waals surface area contributed by atoms with Crippen LogP contribution in [0.2, 0.25) is 0 Å². The Bertz CT molecular complexity index is 1050. The summed E-state index contributed by atoms with van der Waals surface area (Å²) in [7, 11) is 0. The van der Waals surface area contributed by atoms with Crippen molar-refractivity contribution in [1.82, 2.24) is 15.2 Å². The molecular weight excluding hydrogens is 384 g/mol. The second-order valence-electron chi connectivity index (χ2n) is 8.80. The number of Topliss-reactive ketones (excluding diaryl/α,β-unsaturated/α-hetero) is 1. The molecule has 5 heteroatoms. The summed E-state index contributed by atoms with van der Waals surface area (Å²) in [6.45, 7) is 7.24. The zero-order valence-electron chi connectivity index (χ0n) is 18.2. The molecular formula is C26H32N4O. The van der Waals surface area contributed by atoms with Crippen LogP contribution in [-0.4, -0.2) is 61.5 Å². The third kappa shape index (κ3) is 4.53. The van der Waals surface area contributed by atoms with Gasteiger partial charge in [0, 0.05) is 61.0 Å². The number of aromatic nitrogens is 1. The van der Waals surface area contributed by atoms with E-state index in [1.54, 1.807) is 0 Å². The highest BCUT2D eigenvalue weighted by Gasteiger charge is 2.19. The number of carbonyl (C=O) groups excluding carboxylic acids is 1. The van der Waals surface area contributed by atoms with Gasteiger partial charge in [0.25, 0.3) is 0 Å². The van der Waals surface area contributed by atoms with Gasteiger partial charge in [-0.3, -0.25) is 9.69 Å². The maximum absolute atomic E-state index is 12.7. The summed E-state index contributed by atoms with van der Waals surface area (Å²) in [6, 6.07) is 15.0. The zero-order chi connectivity index (χ0) is 21.0. The molecule has 2 aliphatic heterocycles. The lowest BCUT2D eigenvalue weighted by molar-refractivity contribution is 0.0974. The Balaban J connectivity index is 1.11. The van der Waals surface area contributed by atoms with E-state index in [0.29, 0.717) is 6.42 Å². The second-order valence-corrected chi connectivity index (χ2v) is 8.80. The first-order valence-electron chi connectivity index (χ1n) is 11.7. The summed E-state index contributed by atoms with van der Waals surface area (Å²) in [6.07, 6.45) is 5.68. The molecule has 1 aromatic heterocycles. The van der Waals surface area contributed by atoms with E-state index in [2.05, 4.69) is 56.5 Å². The molecule has 162 valence electrons. The summed E-state index contributed by atoms with van der Waals surface area (Å²) in [4.78, 5) is 21.0. The fourth-order valence-electron chi connectivity index (χ4n) is 5.01. The monoisotopic (exact) mass is 416 g/mol. The number of aromatic amines is 1. The Labute approximate surface area is 184 Å². The largest absolute Gasteiger partial charge is 0.368 e. The van der Waals surface area contributed by atoms with Crippen molar-refractivity contribution in [1.29, 1.82) is 0 Å². The molecule has 2 aliphatic rings. The number of hydrogen-bond acceptors (Lipinski definition) is 4. The van der Waals surface area contributed by atoms with E-state index in [9.17, 15) is 4.79 Å². The number of rotatable bonds is 6. The van der Waals surface area contributed by atoms with Crippen LogP contribution in [0, 0.1) is 0 Å². The van der Waals surface area contributed by atoms with Crippen LogP contribution in [0.25, 0.3) is 10.9 Å². The smallest absolute Gasteiger partial charge is 0.162 e. The average Bonchev–Trinajstić information content (AvgIpc) is 3.17. The Kier molecular flexibility index (Phi) is 6.05. The van der Waals surface area contributed by atoms with Gasteiger partial charge in [-0.15, -0.1) is 0 Å². The van der Waals surface area contributed by atoms with Gasteiger partial charge in [-0.2, -0.15) is 0 Å². The van der Waals surface area contributed by atoms with Gasteiger partial charge >= 0.3 is 0 Å². The van der Waals surface area contributed by atoms with E-state index in [1.807, 2.05) is 12.3 Å². The molecule has 5 nitrogen and oxygen atoms in total. The second kappa shape index (κ2) is 9.25. The molecule has 3 aromatic rings. The fraction of sp³-hybridized carbons (Fsp3) is 0.423. The highest BCUT2D eigenvalue weighted by atomic mass is 16.1. The van der Waals surface area contributed by atoms with Gasteiger partial charge < -0.3 is 15.2 Å². The van der Waals surface area contributed by atoms with E-state index in [4.69, 9.17) is 0 Å². The van der Waals surface area contributed by atoms with E-state index in [1.165, 1.54) is 27.7 Å². The lowest BCUT2D eigenvalue weighted by Crippen LogP contribution is -2.46. The zero-order valence-corrected chi connectivity index (χ0v) is 18.2. The fourth-order valence-corrected chi connectivity index (χ4v) is 5.01. The number of hydrogen-bond donors (Lipinski definition) is 2. The number of piperazine rings is 1. The molecule has 0 spiro atoms. The van der Waals surface area contributed by atoms with Crippen LogP contribution in [0.4, 0.5) is 5.69 Å². The SMILES string of the molecule is O=C(CCCN1CCN(c2cccc3[nH]ccc23)CC1)c1ccc2c(c1)CCNCC2. The maximum Gasteiger partial charge on any atom is 0.162 e. The van der Waals surface area contributed by atoms with Crippen molar-refractivity contribution in [2.24, 2.45) is 0 Å². The highest BCUT2D eigenvalue weighted by Crippen LogP contribution is 2.27. The molecule has 0 amide bonds. The number of nitrogens with one attached hydrogen (secondary N) is 2. The molecule has 1 saturated heterocycles. The van der Waals surface area contributed by atoms with Crippen LogP contribution in [0.1, 0.15) is 34.3 Å². The molecule has 0 bridgehead atoms. The first-order valence-corrected chi connectivity index (χ1v) is 11.7. The predicted molar refractivity (Wildman–Crippen MR) is 127 cm³/mol. The van der Waals surface area contributed by atoms with Gasteiger partial charge in [0.2, 0.25) is 0 Å². The quantitative estimate of drug-likeness (QED) is 0.603. The van der Waals surface area contributed by atoms with Crippen LogP contribution >= 0.6 is 0 Å². The molecule has 5 rings (SSSR count). The number of anilines is 1. The Morgan fingerprint density at radius 2 is 1.77 bits per heavy atom.